The predicted octanol–water partition coefficient (Wildman–Crippen LogP) is 4.56. The highest BCUT2D eigenvalue weighted by Gasteiger charge is 2.36. The molecule has 1 unspecified atom stereocenters. The highest BCUT2D eigenvalue weighted by atomic mass is 32.2. The Balaban J connectivity index is 1.36. The lowest BCUT2D eigenvalue weighted by Gasteiger charge is -2.26. The number of hydrogen-bond acceptors (Lipinski definition) is 5. The third-order valence-corrected chi connectivity index (χ3v) is 8.06. The number of aliphatic hydroxyl groups is 1. The van der Waals surface area contributed by atoms with E-state index in [4.69, 9.17) is 15.2 Å². The summed E-state index contributed by atoms with van der Waals surface area (Å²) in [6.07, 6.45) is 6.44. The summed E-state index contributed by atoms with van der Waals surface area (Å²) < 4.78 is 10.8. The van der Waals surface area contributed by atoms with Crippen molar-refractivity contribution in [1.82, 2.24) is 0 Å². The highest BCUT2D eigenvalue weighted by molar-refractivity contribution is 7.99. The van der Waals surface area contributed by atoms with Crippen LogP contribution in [0.25, 0.3) is 0 Å². The molecule has 4 nitrogen and oxygen atoms in total. The van der Waals surface area contributed by atoms with Crippen LogP contribution in [0.4, 0.5) is 0 Å². The quantitative estimate of drug-likeness (QED) is 0.634. The summed E-state index contributed by atoms with van der Waals surface area (Å²) in [5.41, 5.74) is 10.3. The number of benzene rings is 2. The Morgan fingerprint density at radius 3 is 2.63 bits per heavy atom. The van der Waals surface area contributed by atoms with E-state index in [-0.39, 0.29) is 12.1 Å². The highest BCUT2D eigenvalue weighted by Crippen LogP contribution is 2.41. The van der Waals surface area contributed by atoms with Gasteiger partial charge in [0.1, 0.15) is 0 Å². The number of rotatable bonds is 7. The van der Waals surface area contributed by atoms with Crippen LogP contribution in [0.3, 0.4) is 0 Å². The van der Waals surface area contributed by atoms with E-state index in [1.807, 2.05) is 17.8 Å². The van der Waals surface area contributed by atoms with Crippen molar-refractivity contribution < 1.29 is 14.6 Å². The van der Waals surface area contributed by atoms with E-state index in [1.165, 1.54) is 28.0 Å². The molecule has 2 aliphatic carbocycles. The van der Waals surface area contributed by atoms with Gasteiger partial charge < -0.3 is 20.3 Å². The fourth-order valence-electron chi connectivity index (χ4n) is 4.95. The topological polar surface area (TPSA) is 64.7 Å². The van der Waals surface area contributed by atoms with Crippen LogP contribution in [-0.2, 0) is 12.8 Å². The van der Waals surface area contributed by atoms with Crippen LogP contribution in [0.1, 0.15) is 48.3 Å². The average Bonchev–Trinajstić information content (AvgIpc) is 3.19. The van der Waals surface area contributed by atoms with E-state index in [0.717, 1.165) is 49.4 Å². The second kappa shape index (κ2) is 9.21. The first-order valence-corrected chi connectivity index (χ1v) is 11.9. The molecule has 5 heteroatoms. The predicted molar refractivity (Wildman–Crippen MR) is 123 cm³/mol. The van der Waals surface area contributed by atoms with Crippen LogP contribution in [0.15, 0.2) is 41.3 Å². The zero-order valence-electron chi connectivity index (χ0n) is 18.0. The molecular weight excluding hydrogens is 394 g/mol. The Labute approximate surface area is 184 Å². The molecular formula is C25H33NO3S. The molecule has 162 valence electrons. The first-order chi connectivity index (χ1) is 14.5. The van der Waals surface area contributed by atoms with Crippen molar-refractivity contribution in [2.75, 3.05) is 26.6 Å². The molecule has 1 fully saturated rings. The second-order valence-electron chi connectivity index (χ2n) is 8.92. The molecule has 2 aliphatic rings. The molecule has 4 rings (SSSR count). The molecule has 0 aromatic heterocycles. The van der Waals surface area contributed by atoms with Crippen LogP contribution in [-0.4, -0.2) is 37.2 Å². The van der Waals surface area contributed by atoms with E-state index < -0.39 is 0 Å². The van der Waals surface area contributed by atoms with Gasteiger partial charge in [-0.1, -0.05) is 18.2 Å². The number of thioether (sulfide) groups is 1. The van der Waals surface area contributed by atoms with Crippen LogP contribution < -0.4 is 15.2 Å². The van der Waals surface area contributed by atoms with Gasteiger partial charge in [0.2, 0.25) is 0 Å². The largest absolute Gasteiger partial charge is 0.493 e. The Morgan fingerprint density at radius 1 is 1.07 bits per heavy atom. The van der Waals surface area contributed by atoms with E-state index in [9.17, 15) is 5.11 Å². The fourth-order valence-corrected chi connectivity index (χ4v) is 6.02. The minimum absolute atomic E-state index is 0.0911. The number of aryl methyl sites for hydroxylation is 1. The molecule has 0 bridgehead atoms. The van der Waals surface area contributed by atoms with Gasteiger partial charge in [0.15, 0.2) is 11.5 Å². The molecule has 0 radical (unpaired) electrons. The number of aliphatic hydroxyl groups excluding tert-OH is 1. The summed E-state index contributed by atoms with van der Waals surface area (Å²) in [4.78, 5) is 1.23. The number of nitrogens with two attached hydrogens (primary N) is 1. The van der Waals surface area contributed by atoms with Crippen molar-refractivity contribution in [3.63, 3.8) is 0 Å². The van der Waals surface area contributed by atoms with Gasteiger partial charge in [0, 0.05) is 16.2 Å². The first-order valence-electron chi connectivity index (χ1n) is 10.9. The zero-order valence-corrected chi connectivity index (χ0v) is 18.8. The maximum atomic E-state index is 9.56. The summed E-state index contributed by atoms with van der Waals surface area (Å²) in [6.45, 7) is 0.0911. The SMILES string of the molecule is COc1ccc(SCC2CCc3cc([C@H]4CC[C@](N)(CO)C4)ccc3C2)cc1OC. The Morgan fingerprint density at radius 2 is 1.90 bits per heavy atom. The van der Waals surface area contributed by atoms with Crippen LogP contribution in [0.2, 0.25) is 0 Å². The van der Waals surface area contributed by atoms with Gasteiger partial charge >= 0.3 is 0 Å². The van der Waals surface area contributed by atoms with Gasteiger partial charge in [0.25, 0.3) is 0 Å². The minimum Gasteiger partial charge on any atom is -0.493 e. The number of methoxy groups -OCH3 is 2. The molecule has 0 spiro atoms. The van der Waals surface area contributed by atoms with Crippen molar-refractivity contribution in [1.29, 1.82) is 0 Å². The van der Waals surface area contributed by atoms with Gasteiger partial charge in [-0.2, -0.15) is 0 Å². The molecule has 0 heterocycles. The fraction of sp³-hybridized carbons (Fsp3) is 0.520. The molecule has 0 amide bonds. The maximum absolute atomic E-state index is 9.56. The van der Waals surface area contributed by atoms with Crippen molar-refractivity contribution >= 4 is 11.8 Å². The number of ether oxygens (including phenoxy) is 2. The third-order valence-electron chi connectivity index (χ3n) is 6.83. The molecule has 1 saturated carbocycles. The van der Waals surface area contributed by atoms with Gasteiger partial charge in [-0.05, 0) is 85.3 Å². The van der Waals surface area contributed by atoms with Crippen LogP contribution in [0, 0.1) is 5.92 Å². The smallest absolute Gasteiger partial charge is 0.161 e. The van der Waals surface area contributed by atoms with Gasteiger partial charge in [-0.25, -0.2) is 0 Å². The summed E-state index contributed by atoms with van der Waals surface area (Å²) >= 11 is 1.90. The lowest BCUT2D eigenvalue weighted by Crippen LogP contribution is -2.40. The molecule has 3 N–H and O–H groups in total. The molecule has 2 aromatic carbocycles. The summed E-state index contributed by atoms with van der Waals surface area (Å²) in [7, 11) is 3.35. The van der Waals surface area contributed by atoms with Crippen molar-refractivity contribution in [3.8, 4) is 11.5 Å². The normalized spacial score (nSPS) is 25.7. The molecule has 3 atom stereocenters. The Bertz CT molecular complexity index is 887. The van der Waals surface area contributed by atoms with Crippen LogP contribution in [0.5, 0.6) is 11.5 Å². The van der Waals surface area contributed by atoms with Crippen molar-refractivity contribution in [3.05, 3.63) is 53.1 Å². The summed E-state index contributed by atoms with van der Waals surface area (Å²) in [5, 5.41) is 9.56. The van der Waals surface area contributed by atoms with E-state index in [0.29, 0.717) is 11.8 Å². The van der Waals surface area contributed by atoms with Gasteiger partial charge in [-0.3, -0.25) is 0 Å². The van der Waals surface area contributed by atoms with E-state index in [2.05, 4.69) is 30.3 Å². The van der Waals surface area contributed by atoms with Gasteiger partial charge in [0.05, 0.1) is 20.8 Å². The monoisotopic (exact) mass is 427 g/mol. The maximum Gasteiger partial charge on any atom is 0.161 e. The van der Waals surface area contributed by atoms with E-state index >= 15 is 0 Å². The molecule has 0 aliphatic heterocycles. The molecule has 0 saturated heterocycles. The van der Waals surface area contributed by atoms with E-state index in [1.54, 1.807) is 14.2 Å². The average molecular weight is 428 g/mol. The minimum atomic E-state index is -0.382. The lowest BCUT2D eigenvalue weighted by atomic mass is 9.82. The summed E-state index contributed by atoms with van der Waals surface area (Å²) in [5.74, 6) is 3.87. The van der Waals surface area contributed by atoms with Crippen LogP contribution >= 0.6 is 11.8 Å². The summed E-state index contributed by atoms with van der Waals surface area (Å²) in [6, 6.07) is 13.2. The second-order valence-corrected chi connectivity index (χ2v) is 10.0. The standard InChI is InChI=1S/C25H33NO3S/c1-28-23-8-7-22(13-24(23)29-2)30-15-17-3-4-19-12-20(6-5-18(19)11-17)21-9-10-25(26,14-21)16-27/h5-8,12-13,17,21,27H,3-4,9-11,14-16,26H2,1-2H3/t17?,21-,25+/m0/s1. The molecule has 2 aromatic rings. The van der Waals surface area contributed by atoms with Crippen molar-refractivity contribution in [2.24, 2.45) is 11.7 Å². The third kappa shape index (κ3) is 4.63. The zero-order chi connectivity index (χ0) is 21.1. The number of fused-ring (bicyclic) bond motifs is 1. The number of hydrogen-bond donors (Lipinski definition) is 2. The first kappa shape index (κ1) is 21.5. The lowest BCUT2D eigenvalue weighted by molar-refractivity contribution is 0.198. The Kier molecular flexibility index (Phi) is 6.61. The molecule has 30 heavy (non-hydrogen) atoms. The van der Waals surface area contributed by atoms with Crippen molar-refractivity contribution in [2.45, 2.75) is 54.9 Å². The Hall–Kier alpha value is -1.69. The van der Waals surface area contributed by atoms with Gasteiger partial charge in [-0.15, -0.1) is 11.8 Å².